The van der Waals surface area contributed by atoms with E-state index in [1.807, 2.05) is 0 Å². The highest BCUT2D eigenvalue weighted by Gasteiger charge is 2.29. The molecule has 3 aliphatic rings. The Morgan fingerprint density at radius 3 is 2.85 bits per heavy atom. The van der Waals surface area contributed by atoms with Gasteiger partial charge in [-0.1, -0.05) is 0 Å². The van der Waals surface area contributed by atoms with E-state index in [1.165, 1.54) is 23.3 Å². The lowest BCUT2D eigenvalue weighted by Gasteiger charge is -2.38. The summed E-state index contributed by atoms with van der Waals surface area (Å²) in [6, 6.07) is 0.697. The molecule has 2 aromatic heterocycles. The fraction of sp³-hybridized carbons (Fsp3) is 0.684. The highest BCUT2D eigenvalue weighted by molar-refractivity contribution is 7.18. The van der Waals surface area contributed by atoms with Crippen molar-refractivity contribution in [3.8, 4) is 5.88 Å². The second-order valence-electron chi connectivity index (χ2n) is 7.49. The molecule has 140 valence electrons. The molecule has 0 spiro atoms. The van der Waals surface area contributed by atoms with Crippen molar-refractivity contribution < 1.29 is 9.47 Å². The maximum absolute atomic E-state index is 6.41. The summed E-state index contributed by atoms with van der Waals surface area (Å²) >= 11 is 1.81. The Labute approximate surface area is 157 Å². The molecule has 0 aromatic carbocycles. The molecule has 4 heterocycles. The monoisotopic (exact) mass is 374 g/mol. The predicted octanol–water partition coefficient (Wildman–Crippen LogP) is 2.36. The summed E-state index contributed by atoms with van der Waals surface area (Å²) < 4.78 is 11.9. The lowest BCUT2D eigenvalue weighted by Crippen LogP contribution is -2.46. The molecule has 7 heteroatoms. The molecule has 2 aromatic rings. The fourth-order valence-electron chi connectivity index (χ4n) is 4.53. The summed E-state index contributed by atoms with van der Waals surface area (Å²) in [5.74, 6) is 0.797. The molecular weight excluding hydrogens is 348 g/mol. The second kappa shape index (κ2) is 7.38. The molecule has 6 nitrogen and oxygen atoms in total. The van der Waals surface area contributed by atoms with Gasteiger partial charge in [-0.25, -0.2) is 9.97 Å². The third-order valence-corrected chi connectivity index (χ3v) is 7.15. The Morgan fingerprint density at radius 1 is 1.15 bits per heavy atom. The number of aromatic nitrogens is 2. The first kappa shape index (κ1) is 16.9. The van der Waals surface area contributed by atoms with E-state index in [-0.39, 0.29) is 6.10 Å². The molecule has 0 amide bonds. The zero-order valence-corrected chi connectivity index (χ0v) is 15.9. The number of nitrogens with zero attached hydrogens (tertiary/aromatic N) is 3. The minimum absolute atomic E-state index is 0.275. The fourth-order valence-corrected chi connectivity index (χ4v) is 5.68. The minimum Gasteiger partial charge on any atom is -0.474 e. The number of ether oxygens (including phenoxy) is 2. The molecule has 5 rings (SSSR count). The van der Waals surface area contributed by atoms with Crippen LogP contribution in [0.3, 0.4) is 0 Å². The molecular formula is C19H26N4O2S. The molecule has 0 unspecified atom stereocenters. The van der Waals surface area contributed by atoms with Crippen molar-refractivity contribution in [3.63, 3.8) is 0 Å². The number of hydrogen-bond acceptors (Lipinski definition) is 7. The zero-order valence-electron chi connectivity index (χ0n) is 15.1. The first-order valence-corrected chi connectivity index (χ1v) is 10.6. The Morgan fingerprint density at radius 2 is 2.00 bits per heavy atom. The smallest absolute Gasteiger partial charge is 0.225 e. The van der Waals surface area contributed by atoms with Crippen molar-refractivity contribution in [1.82, 2.24) is 20.2 Å². The van der Waals surface area contributed by atoms with E-state index in [2.05, 4.69) is 20.2 Å². The van der Waals surface area contributed by atoms with Crippen LogP contribution >= 0.6 is 11.3 Å². The lowest BCUT2D eigenvalue weighted by molar-refractivity contribution is -0.00126. The van der Waals surface area contributed by atoms with Gasteiger partial charge in [0.05, 0.1) is 18.6 Å². The van der Waals surface area contributed by atoms with Crippen LogP contribution in [0, 0.1) is 0 Å². The Balaban J connectivity index is 1.29. The molecule has 2 fully saturated rings. The van der Waals surface area contributed by atoms with Crippen molar-refractivity contribution in [2.45, 2.75) is 50.8 Å². The summed E-state index contributed by atoms with van der Waals surface area (Å²) in [5.41, 5.74) is 1.36. The Kier molecular flexibility index (Phi) is 4.79. The molecule has 2 aliphatic heterocycles. The van der Waals surface area contributed by atoms with Crippen molar-refractivity contribution in [3.05, 3.63) is 16.8 Å². The summed E-state index contributed by atoms with van der Waals surface area (Å²) in [4.78, 5) is 14.1. The summed E-state index contributed by atoms with van der Waals surface area (Å²) in [5, 5.41) is 4.62. The van der Waals surface area contributed by atoms with E-state index in [1.54, 1.807) is 17.7 Å². The van der Waals surface area contributed by atoms with Gasteiger partial charge < -0.3 is 14.8 Å². The first-order valence-electron chi connectivity index (χ1n) is 9.83. The van der Waals surface area contributed by atoms with Crippen LogP contribution in [0.15, 0.2) is 6.33 Å². The van der Waals surface area contributed by atoms with E-state index < -0.39 is 0 Å². The number of morpholine rings is 1. The molecule has 0 radical (unpaired) electrons. The molecule has 1 saturated heterocycles. The minimum atomic E-state index is 0.275. The van der Waals surface area contributed by atoms with Crippen LogP contribution in [0.2, 0.25) is 0 Å². The zero-order chi connectivity index (χ0) is 17.3. The van der Waals surface area contributed by atoms with Gasteiger partial charge in [0.2, 0.25) is 5.88 Å². The summed E-state index contributed by atoms with van der Waals surface area (Å²) in [6.45, 7) is 5.88. The maximum Gasteiger partial charge on any atom is 0.225 e. The number of hydrogen-bond donors (Lipinski definition) is 1. The average molecular weight is 375 g/mol. The van der Waals surface area contributed by atoms with Crippen molar-refractivity contribution in [1.29, 1.82) is 0 Å². The molecule has 0 atom stereocenters. The third kappa shape index (κ3) is 3.22. The highest BCUT2D eigenvalue weighted by atomic mass is 32.1. The van der Waals surface area contributed by atoms with Crippen molar-refractivity contribution >= 4 is 21.6 Å². The van der Waals surface area contributed by atoms with Crippen LogP contribution in [0.25, 0.3) is 10.2 Å². The largest absolute Gasteiger partial charge is 0.474 e. The van der Waals surface area contributed by atoms with Gasteiger partial charge in [0.1, 0.15) is 17.3 Å². The lowest BCUT2D eigenvalue weighted by atomic mass is 9.91. The third-order valence-electron chi connectivity index (χ3n) is 5.95. The number of nitrogens with one attached hydrogen (secondary N) is 1. The van der Waals surface area contributed by atoms with Gasteiger partial charge in [-0.05, 0) is 37.7 Å². The average Bonchev–Trinajstić information content (AvgIpc) is 3.09. The van der Waals surface area contributed by atoms with Gasteiger partial charge in [0.15, 0.2) is 0 Å². The maximum atomic E-state index is 6.41. The van der Waals surface area contributed by atoms with Gasteiger partial charge >= 0.3 is 0 Å². The topological polar surface area (TPSA) is 59.5 Å². The van der Waals surface area contributed by atoms with E-state index >= 15 is 0 Å². The first-order chi connectivity index (χ1) is 12.9. The molecule has 1 N–H and O–H groups in total. The van der Waals surface area contributed by atoms with Crippen LogP contribution in [0.1, 0.15) is 36.1 Å². The van der Waals surface area contributed by atoms with Gasteiger partial charge in [0, 0.05) is 37.1 Å². The quantitative estimate of drug-likeness (QED) is 0.890. The molecule has 26 heavy (non-hydrogen) atoms. The van der Waals surface area contributed by atoms with E-state index in [4.69, 9.17) is 9.47 Å². The van der Waals surface area contributed by atoms with Gasteiger partial charge in [-0.3, -0.25) is 4.90 Å². The molecule has 1 aliphatic carbocycles. The number of thiophene rings is 1. The van der Waals surface area contributed by atoms with Crippen LogP contribution in [0.5, 0.6) is 5.88 Å². The molecule has 1 saturated carbocycles. The van der Waals surface area contributed by atoms with E-state index in [0.717, 1.165) is 74.8 Å². The number of rotatable bonds is 3. The van der Waals surface area contributed by atoms with E-state index in [0.29, 0.717) is 6.04 Å². The van der Waals surface area contributed by atoms with E-state index in [9.17, 15) is 0 Å². The van der Waals surface area contributed by atoms with Gasteiger partial charge in [0.25, 0.3) is 0 Å². The normalized spacial score (nSPS) is 27.4. The Bertz CT molecular complexity index is 766. The van der Waals surface area contributed by atoms with Crippen LogP contribution < -0.4 is 10.1 Å². The van der Waals surface area contributed by atoms with Gasteiger partial charge in [-0.15, -0.1) is 11.3 Å². The number of fused-ring (bicyclic) bond motifs is 3. The van der Waals surface area contributed by atoms with Gasteiger partial charge in [-0.2, -0.15) is 0 Å². The van der Waals surface area contributed by atoms with Crippen LogP contribution in [-0.4, -0.2) is 59.9 Å². The van der Waals surface area contributed by atoms with Crippen LogP contribution in [-0.2, 0) is 17.7 Å². The summed E-state index contributed by atoms with van der Waals surface area (Å²) in [7, 11) is 0. The second-order valence-corrected chi connectivity index (χ2v) is 8.57. The van der Waals surface area contributed by atoms with Crippen molar-refractivity contribution in [2.24, 2.45) is 0 Å². The van der Waals surface area contributed by atoms with Crippen LogP contribution in [0.4, 0.5) is 0 Å². The summed E-state index contributed by atoms with van der Waals surface area (Å²) in [6.07, 6.45) is 7.66. The van der Waals surface area contributed by atoms with Crippen molar-refractivity contribution in [2.75, 3.05) is 32.8 Å². The standard InChI is InChI=1S/C19H26N4O2S/c1-3-14(4-2-13(1)23-7-9-24-10-8-23)25-18-17-15-11-20-6-5-16(15)26-19(17)22-12-21-18/h12-14,20H,1-11H2. The highest BCUT2D eigenvalue weighted by Crippen LogP contribution is 2.37. The Hall–Kier alpha value is -1.28. The SMILES string of the molecule is c1nc(OC2CCC(N3CCOCC3)CC2)c2c3c(sc2n1)CCNC3. The molecule has 0 bridgehead atoms. The predicted molar refractivity (Wildman–Crippen MR) is 102 cm³/mol.